The first kappa shape index (κ1) is 13.3. The maximum absolute atomic E-state index is 11.4. The molecule has 0 aromatic heterocycles. The number of rotatable bonds is 2. The van der Waals surface area contributed by atoms with Gasteiger partial charge in [0.15, 0.2) is 0 Å². The summed E-state index contributed by atoms with van der Waals surface area (Å²) in [5, 5.41) is 6.48. The van der Waals surface area contributed by atoms with Crippen molar-refractivity contribution in [2.75, 3.05) is 16.4 Å². The highest BCUT2D eigenvalue weighted by Crippen LogP contribution is 2.33. The van der Waals surface area contributed by atoms with Crippen LogP contribution in [0.5, 0.6) is 0 Å². The van der Waals surface area contributed by atoms with Crippen molar-refractivity contribution in [3.63, 3.8) is 0 Å². The van der Waals surface area contributed by atoms with Crippen molar-refractivity contribution in [1.82, 2.24) is 0 Å². The van der Waals surface area contributed by atoms with E-state index in [1.54, 1.807) is 0 Å². The highest BCUT2D eigenvalue weighted by molar-refractivity contribution is 6.00. The first-order valence-electron chi connectivity index (χ1n) is 7.71. The molecule has 108 valence electrons. The number of carbonyl (C=O) groups excluding carboxylic acids is 1. The van der Waals surface area contributed by atoms with Crippen LogP contribution in [-0.2, 0) is 11.2 Å². The smallest absolute Gasteiger partial charge is 0.228 e. The van der Waals surface area contributed by atoms with Gasteiger partial charge in [-0.2, -0.15) is 0 Å². The molecule has 20 heavy (non-hydrogen) atoms. The van der Waals surface area contributed by atoms with Crippen molar-refractivity contribution in [1.29, 1.82) is 0 Å². The van der Waals surface area contributed by atoms with Crippen LogP contribution in [0, 0.1) is 0 Å². The summed E-state index contributed by atoms with van der Waals surface area (Å²) < 4.78 is 0. The Kier molecular flexibility index (Phi) is 3.81. The summed E-state index contributed by atoms with van der Waals surface area (Å²) in [5.74, 6) is 0.0579. The third-order valence-corrected chi connectivity index (χ3v) is 4.37. The number of amides is 1. The van der Waals surface area contributed by atoms with Crippen LogP contribution >= 0.6 is 0 Å². The molecule has 0 bridgehead atoms. The summed E-state index contributed by atoms with van der Waals surface area (Å²) >= 11 is 0. The van der Waals surface area contributed by atoms with Gasteiger partial charge in [0.2, 0.25) is 5.91 Å². The number of hydrogen-bond acceptors (Lipinski definition) is 3. The fourth-order valence-electron chi connectivity index (χ4n) is 3.24. The monoisotopic (exact) mass is 273 g/mol. The molecule has 1 saturated carbocycles. The molecule has 4 heteroatoms. The molecule has 1 heterocycles. The predicted molar refractivity (Wildman–Crippen MR) is 82.9 cm³/mol. The van der Waals surface area contributed by atoms with Crippen LogP contribution in [0.4, 0.5) is 17.1 Å². The van der Waals surface area contributed by atoms with E-state index < -0.39 is 0 Å². The SMILES string of the molecule is Nc1cc2c(cc1NC1CCCCCCC1)NC(=O)C2. The van der Waals surface area contributed by atoms with Crippen LogP contribution < -0.4 is 16.4 Å². The molecule has 4 nitrogen and oxygen atoms in total. The fraction of sp³-hybridized carbons (Fsp3) is 0.562. The summed E-state index contributed by atoms with van der Waals surface area (Å²) in [6, 6.07) is 4.43. The van der Waals surface area contributed by atoms with Gasteiger partial charge in [0.05, 0.1) is 17.8 Å². The number of hydrogen-bond donors (Lipinski definition) is 3. The first-order chi connectivity index (χ1) is 9.72. The molecule has 0 spiro atoms. The molecule has 0 atom stereocenters. The van der Waals surface area contributed by atoms with Crippen LogP contribution in [0.25, 0.3) is 0 Å². The minimum Gasteiger partial charge on any atom is -0.397 e. The first-order valence-corrected chi connectivity index (χ1v) is 7.71. The third kappa shape index (κ3) is 2.89. The number of nitrogens with two attached hydrogens (primary N) is 1. The van der Waals surface area contributed by atoms with Crippen molar-refractivity contribution < 1.29 is 4.79 Å². The molecule has 3 rings (SSSR count). The van der Waals surface area contributed by atoms with Gasteiger partial charge in [0.1, 0.15) is 0 Å². The molecular weight excluding hydrogens is 250 g/mol. The molecular formula is C16H23N3O. The minimum atomic E-state index is 0.0579. The van der Waals surface area contributed by atoms with Crippen molar-refractivity contribution >= 4 is 23.0 Å². The predicted octanol–water partition coefficient (Wildman–Crippen LogP) is 3.29. The van der Waals surface area contributed by atoms with Gasteiger partial charge in [0.25, 0.3) is 0 Å². The molecule has 0 unspecified atom stereocenters. The number of fused-ring (bicyclic) bond motifs is 1. The van der Waals surface area contributed by atoms with E-state index >= 15 is 0 Å². The van der Waals surface area contributed by atoms with Crippen LogP contribution in [0.15, 0.2) is 12.1 Å². The average Bonchev–Trinajstić information content (AvgIpc) is 2.72. The van der Waals surface area contributed by atoms with E-state index in [1.807, 2.05) is 12.1 Å². The lowest BCUT2D eigenvalue weighted by Gasteiger charge is -2.23. The lowest BCUT2D eigenvalue weighted by Crippen LogP contribution is -2.21. The van der Waals surface area contributed by atoms with Gasteiger partial charge in [-0.15, -0.1) is 0 Å². The van der Waals surface area contributed by atoms with Gasteiger partial charge in [-0.25, -0.2) is 0 Å². The van der Waals surface area contributed by atoms with Crippen molar-refractivity contribution in [2.45, 2.75) is 57.4 Å². The molecule has 1 aromatic rings. The van der Waals surface area contributed by atoms with Gasteiger partial charge < -0.3 is 16.4 Å². The summed E-state index contributed by atoms with van der Waals surface area (Å²) in [6.07, 6.45) is 9.51. The van der Waals surface area contributed by atoms with Gasteiger partial charge in [0, 0.05) is 11.7 Å². The Bertz CT molecular complexity index is 505. The molecule has 2 aliphatic rings. The Labute approximate surface area is 120 Å². The topological polar surface area (TPSA) is 67.2 Å². The standard InChI is InChI=1S/C16H23N3O/c17-13-8-11-9-16(20)19-14(11)10-15(13)18-12-6-4-2-1-3-5-7-12/h8,10,12,18H,1-7,9,17H2,(H,19,20). The lowest BCUT2D eigenvalue weighted by atomic mass is 9.96. The Morgan fingerprint density at radius 1 is 1.10 bits per heavy atom. The molecule has 0 radical (unpaired) electrons. The average molecular weight is 273 g/mol. The largest absolute Gasteiger partial charge is 0.397 e. The van der Waals surface area contributed by atoms with Crippen LogP contribution in [0.1, 0.15) is 50.5 Å². The van der Waals surface area contributed by atoms with Crippen LogP contribution in [-0.4, -0.2) is 11.9 Å². The summed E-state index contributed by atoms with van der Waals surface area (Å²) in [6.45, 7) is 0. The lowest BCUT2D eigenvalue weighted by molar-refractivity contribution is -0.115. The van der Waals surface area contributed by atoms with Gasteiger partial charge in [-0.05, 0) is 30.5 Å². The number of nitrogen functional groups attached to an aromatic ring is 1. The van der Waals surface area contributed by atoms with Crippen LogP contribution in [0.2, 0.25) is 0 Å². The zero-order valence-electron chi connectivity index (χ0n) is 11.9. The highest BCUT2D eigenvalue weighted by Gasteiger charge is 2.20. The summed E-state index contributed by atoms with van der Waals surface area (Å²) in [4.78, 5) is 11.4. The highest BCUT2D eigenvalue weighted by atomic mass is 16.1. The normalized spacial score (nSPS) is 19.9. The Balaban J connectivity index is 1.73. The van der Waals surface area contributed by atoms with E-state index in [4.69, 9.17) is 5.73 Å². The zero-order valence-corrected chi connectivity index (χ0v) is 11.9. The number of benzene rings is 1. The van der Waals surface area contributed by atoms with E-state index in [0.29, 0.717) is 12.5 Å². The van der Waals surface area contributed by atoms with E-state index in [-0.39, 0.29) is 5.91 Å². The van der Waals surface area contributed by atoms with E-state index in [2.05, 4.69) is 10.6 Å². The second-order valence-electron chi connectivity index (χ2n) is 6.01. The number of anilines is 3. The molecule has 1 aromatic carbocycles. The number of carbonyl (C=O) groups is 1. The minimum absolute atomic E-state index is 0.0579. The molecule has 1 aliphatic heterocycles. The zero-order chi connectivity index (χ0) is 13.9. The van der Waals surface area contributed by atoms with Crippen molar-refractivity contribution in [2.24, 2.45) is 0 Å². The van der Waals surface area contributed by atoms with Gasteiger partial charge in [-0.1, -0.05) is 32.1 Å². The molecule has 0 saturated heterocycles. The maximum atomic E-state index is 11.4. The quantitative estimate of drug-likeness (QED) is 0.724. The maximum Gasteiger partial charge on any atom is 0.228 e. The Morgan fingerprint density at radius 3 is 2.55 bits per heavy atom. The molecule has 1 fully saturated rings. The number of nitrogens with one attached hydrogen (secondary N) is 2. The third-order valence-electron chi connectivity index (χ3n) is 4.37. The van der Waals surface area contributed by atoms with Gasteiger partial charge in [-0.3, -0.25) is 4.79 Å². The van der Waals surface area contributed by atoms with E-state index in [1.165, 1.54) is 44.9 Å². The summed E-state index contributed by atoms with van der Waals surface area (Å²) in [5.41, 5.74) is 9.77. The van der Waals surface area contributed by atoms with Crippen LogP contribution in [0.3, 0.4) is 0 Å². The summed E-state index contributed by atoms with van der Waals surface area (Å²) in [7, 11) is 0. The molecule has 4 N–H and O–H groups in total. The van der Waals surface area contributed by atoms with Crippen molar-refractivity contribution in [3.05, 3.63) is 17.7 Å². The van der Waals surface area contributed by atoms with Gasteiger partial charge >= 0.3 is 0 Å². The van der Waals surface area contributed by atoms with E-state index in [9.17, 15) is 4.79 Å². The van der Waals surface area contributed by atoms with Crippen molar-refractivity contribution in [3.8, 4) is 0 Å². The second kappa shape index (κ2) is 5.73. The van der Waals surface area contributed by atoms with E-state index in [0.717, 1.165) is 22.6 Å². The second-order valence-corrected chi connectivity index (χ2v) is 6.01. The molecule has 1 aliphatic carbocycles. The Hall–Kier alpha value is -1.71. The fourth-order valence-corrected chi connectivity index (χ4v) is 3.24. The molecule has 1 amide bonds. The Morgan fingerprint density at radius 2 is 1.80 bits per heavy atom.